The Hall–Kier alpha value is -1.40. The number of thiophene rings is 1. The van der Waals surface area contributed by atoms with Crippen LogP contribution in [-0.2, 0) is 28.8 Å². The van der Waals surface area contributed by atoms with Gasteiger partial charge in [0, 0.05) is 15.1 Å². The predicted octanol–water partition coefficient (Wildman–Crippen LogP) is 2.99. The Labute approximate surface area is 126 Å². The van der Waals surface area contributed by atoms with Crippen molar-refractivity contribution in [2.75, 3.05) is 12.8 Å². The summed E-state index contributed by atoms with van der Waals surface area (Å²) < 4.78 is 4.67. The van der Waals surface area contributed by atoms with Gasteiger partial charge in [0.05, 0.1) is 19.2 Å². The molecule has 0 bridgehead atoms. The third-order valence-electron chi connectivity index (χ3n) is 3.05. The van der Waals surface area contributed by atoms with Crippen molar-refractivity contribution in [3.63, 3.8) is 0 Å². The Balaban J connectivity index is 1.91. The molecule has 0 fully saturated rings. The lowest BCUT2D eigenvalue weighted by atomic mass is 10.1. The van der Waals surface area contributed by atoms with Gasteiger partial charge in [0.1, 0.15) is 0 Å². The maximum absolute atomic E-state index is 11.2. The molecule has 2 N–H and O–H groups in total. The van der Waals surface area contributed by atoms with E-state index in [1.807, 2.05) is 5.38 Å². The van der Waals surface area contributed by atoms with Crippen LogP contribution in [-0.4, -0.2) is 18.1 Å². The molecule has 20 heavy (non-hydrogen) atoms. The first-order valence-electron chi connectivity index (χ1n) is 6.43. The monoisotopic (exact) mass is 310 g/mol. The van der Waals surface area contributed by atoms with Crippen molar-refractivity contribution in [3.8, 4) is 0 Å². The molecule has 108 valence electrons. The maximum atomic E-state index is 11.2. The number of rotatable bonds is 6. The van der Waals surface area contributed by atoms with E-state index in [0.29, 0.717) is 11.6 Å². The first-order valence-corrected chi connectivity index (χ1v) is 8.13. The number of nitrogens with zero attached hydrogens (tertiary/aromatic N) is 1. The van der Waals surface area contributed by atoms with E-state index in [1.54, 1.807) is 11.3 Å². The number of hydrogen-bond acceptors (Lipinski definition) is 6. The third kappa shape index (κ3) is 4.05. The fourth-order valence-corrected chi connectivity index (χ4v) is 3.75. The molecule has 2 aromatic rings. The van der Waals surface area contributed by atoms with Gasteiger partial charge in [-0.15, -0.1) is 22.7 Å². The Bertz CT molecular complexity index is 590. The molecule has 2 heterocycles. The van der Waals surface area contributed by atoms with Gasteiger partial charge in [-0.1, -0.05) is 0 Å². The average molecular weight is 310 g/mol. The molecule has 0 aliphatic heterocycles. The molecule has 2 aromatic heterocycles. The number of carbonyl (C=O) groups excluding carboxylic acids is 1. The minimum Gasteiger partial charge on any atom is -0.469 e. The summed E-state index contributed by atoms with van der Waals surface area (Å²) in [5.41, 5.74) is 7.93. The molecule has 0 atom stereocenters. The van der Waals surface area contributed by atoms with Gasteiger partial charge < -0.3 is 10.5 Å². The molecule has 0 saturated heterocycles. The zero-order valence-corrected chi connectivity index (χ0v) is 13.3. The highest BCUT2D eigenvalue weighted by Gasteiger charge is 2.09. The lowest BCUT2D eigenvalue weighted by Crippen LogP contribution is -2.01. The summed E-state index contributed by atoms with van der Waals surface area (Å²) in [6, 6.07) is 2.20. The Morgan fingerprint density at radius 3 is 2.85 bits per heavy atom. The number of aryl methyl sites for hydroxylation is 4. The lowest BCUT2D eigenvalue weighted by molar-refractivity contribution is -0.140. The van der Waals surface area contributed by atoms with Crippen molar-refractivity contribution in [2.45, 2.75) is 32.6 Å². The van der Waals surface area contributed by atoms with Gasteiger partial charge in [0.15, 0.2) is 5.13 Å². The van der Waals surface area contributed by atoms with Gasteiger partial charge >= 0.3 is 5.97 Å². The molecule has 0 radical (unpaired) electrons. The highest BCUT2D eigenvalue weighted by molar-refractivity contribution is 7.13. The van der Waals surface area contributed by atoms with Crippen molar-refractivity contribution in [1.29, 1.82) is 0 Å². The first kappa shape index (κ1) is 15.0. The van der Waals surface area contributed by atoms with Crippen LogP contribution in [0.1, 0.15) is 27.4 Å². The molecule has 0 aromatic carbocycles. The zero-order valence-electron chi connectivity index (χ0n) is 11.6. The minimum atomic E-state index is -0.155. The third-order valence-corrected chi connectivity index (χ3v) is 5.13. The summed E-state index contributed by atoms with van der Waals surface area (Å²) in [7, 11) is 1.43. The highest BCUT2D eigenvalue weighted by atomic mass is 32.1. The normalized spacial score (nSPS) is 10.7. The van der Waals surface area contributed by atoms with Crippen molar-refractivity contribution in [2.24, 2.45) is 0 Å². The average Bonchev–Trinajstić information content (AvgIpc) is 3.00. The Morgan fingerprint density at radius 1 is 1.40 bits per heavy atom. The molecule has 0 aliphatic carbocycles. The van der Waals surface area contributed by atoms with Crippen molar-refractivity contribution in [3.05, 3.63) is 32.5 Å². The number of methoxy groups -OCH3 is 1. The van der Waals surface area contributed by atoms with Gasteiger partial charge in [-0.3, -0.25) is 4.79 Å². The van der Waals surface area contributed by atoms with Crippen LogP contribution in [0.3, 0.4) is 0 Å². The van der Waals surface area contributed by atoms with Crippen LogP contribution < -0.4 is 5.73 Å². The molecule has 0 spiro atoms. The van der Waals surface area contributed by atoms with E-state index in [1.165, 1.54) is 33.8 Å². The summed E-state index contributed by atoms with van der Waals surface area (Å²) in [6.07, 6.45) is 3.07. The molecule has 0 unspecified atom stereocenters. The molecular formula is C14H18N2O2S2. The van der Waals surface area contributed by atoms with Crippen LogP contribution in [0, 0.1) is 6.92 Å². The number of thiazole rings is 1. The summed E-state index contributed by atoms with van der Waals surface area (Å²) in [4.78, 5) is 18.0. The van der Waals surface area contributed by atoms with E-state index >= 15 is 0 Å². The summed E-state index contributed by atoms with van der Waals surface area (Å²) in [6.45, 7) is 2.09. The van der Waals surface area contributed by atoms with E-state index in [-0.39, 0.29) is 5.97 Å². The smallest absolute Gasteiger partial charge is 0.305 e. The van der Waals surface area contributed by atoms with Crippen LogP contribution >= 0.6 is 22.7 Å². The summed E-state index contributed by atoms with van der Waals surface area (Å²) in [5.74, 6) is -0.155. The molecule has 6 heteroatoms. The number of ether oxygens (including phenoxy) is 1. The number of carbonyl (C=O) groups is 1. The fourth-order valence-electron chi connectivity index (χ4n) is 1.97. The topological polar surface area (TPSA) is 65.2 Å². The second kappa shape index (κ2) is 6.85. The van der Waals surface area contributed by atoms with Gasteiger partial charge in [-0.05, 0) is 37.8 Å². The molecular weight excluding hydrogens is 292 g/mol. The van der Waals surface area contributed by atoms with Crippen molar-refractivity contribution < 1.29 is 9.53 Å². The van der Waals surface area contributed by atoms with Crippen LogP contribution in [0.2, 0.25) is 0 Å². The van der Waals surface area contributed by atoms with E-state index in [9.17, 15) is 4.79 Å². The Morgan fingerprint density at radius 2 is 2.20 bits per heavy atom. The molecule has 0 amide bonds. The fraction of sp³-hybridized carbons (Fsp3) is 0.429. The number of nitrogen functional groups attached to an aromatic ring is 1. The maximum Gasteiger partial charge on any atom is 0.305 e. The SMILES string of the molecule is COC(=O)CCc1sc(CCc2csc(N)n2)cc1C. The summed E-state index contributed by atoms with van der Waals surface area (Å²) >= 11 is 3.26. The van der Waals surface area contributed by atoms with Gasteiger partial charge in [0.25, 0.3) is 0 Å². The predicted molar refractivity (Wildman–Crippen MR) is 83.3 cm³/mol. The minimum absolute atomic E-state index is 0.155. The van der Waals surface area contributed by atoms with Crippen molar-refractivity contribution >= 4 is 33.8 Å². The number of esters is 1. The molecule has 0 saturated carbocycles. The number of anilines is 1. The van der Waals surface area contributed by atoms with Crippen molar-refractivity contribution in [1.82, 2.24) is 4.98 Å². The standard InChI is InChI=1S/C14H18N2O2S2/c1-9-7-11(4-3-10-8-19-14(15)16-10)20-12(9)5-6-13(17)18-2/h7-8H,3-6H2,1-2H3,(H2,15,16). The number of hydrogen-bond donors (Lipinski definition) is 1. The van der Waals surface area contributed by atoms with E-state index in [2.05, 4.69) is 22.7 Å². The van der Waals surface area contributed by atoms with Gasteiger partial charge in [-0.2, -0.15) is 0 Å². The van der Waals surface area contributed by atoms with E-state index in [0.717, 1.165) is 25.0 Å². The van der Waals surface area contributed by atoms with Crippen LogP contribution in [0.25, 0.3) is 0 Å². The molecule has 2 rings (SSSR count). The first-order chi connectivity index (χ1) is 9.58. The highest BCUT2D eigenvalue weighted by Crippen LogP contribution is 2.25. The number of nitrogens with two attached hydrogens (primary N) is 1. The summed E-state index contributed by atoms with van der Waals surface area (Å²) in [5, 5.41) is 2.63. The molecule has 0 aliphatic rings. The second-order valence-corrected chi connectivity index (χ2v) is 6.68. The van der Waals surface area contributed by atoms with E-state index in [4.69, 9.17) is 5.73 Å². The molecule has 4 nitrogen and oxygen atoms in total. The van der Waals surface area contributed by atoms with Gasteiger partial charge in [0.2, 0.25) is 0 Å². The number of aromatic nitrogens is 1. The van der Waals surface area contributed by atoms with Gasteiger partial charge in [-0.25, -0.2) is 4.98 Å². The Kier molecular flexibility index (Phi) is 5.14. The largest absolute Gasteiger partial charge is 0.469 e. The zero-order chi connectivity index (χ0) is 14.5. The van der Waals surface area contributed by atoms with Crippen LogP contribution in [0.5, 0.6) is 0 Å². The second-order valence-electron chi connectivity index (χ2n) is 4.57. The lowest BCUT2D eigenvalue weighted by Gasteiger charge is -1.98. The van der Waals surface area contributed by atoms with Crippen LogP contribution in [0.15, 0.2) is 11.4 Å². The van der Waals surface area contributed by atoms with E-state index < -0.39 is 0 Å². The van der Waals surface area contributed by atoms with Crippen LogP contribution in [0.4, 0.5) is 5.13 Å². The quantitative estimate of drug-likeness (QED) is 0.833.